The molecule has 2 aromatic carbocycles. The number of benzene rings is 2. The van der Waals surface area contributed by atoms with Gasteiger partial charge in [0, 0.05) is 24.0 Å². The predicted octanol–water partition coefficient (Wildman–Crippen LogP) is 5.76. The van der Waals surface area contributed by atoms with E-state index in [1.165, 1.54) is 21.3 Å². The molecule has 0 saturated heterocycles. The fourth-order valence-corrected chi connectivity index (χ4v) is 4.46. The van der Waals surface area contributed by atoms with Crippen molar-refractivity contribution in [3.8, 4) is 22.6 Å². The molecule has 0 heterocycles. The highest BCUT2D eigenvalue weighted by molar-refractivity contribution is 5.83. The van der Waals surface area contributed by atoms with Crippen LogP contribution in [-0.4, -0.2) is 74.3 Å². The van der Waals surface area contributed by atoms with E-state index in [0.717, 1.165) is 0 Å². The predicted molar refractivity (Wildman–Crippen MR) is 177 cm³/mol. The van der Waals surface area contributed by atoms with E-state index >= 15 is 0 Å². The smallest absolute Gasteiger partial charge is 0.408 e. The van der Waals surface area contributed by atoms with Gasteiger partial charge in [0.15, 0.2) is 0 Å². The SMILES string of the molecule is COC(=O)[C@H](Cc1ccc(OC)c(-c2cc(C[C@H](NC(=O)OC(C)(C)C)C(=O)OC(C)(C)C)ccc2OC)c1)NC(=O)OC(C)(C)C. The molecule has 0 aliphatic carbocycles. The summed E-state index contributed by atoms with van der Waals surface area (Å²) in [6.45, 7) is 15.6. The number of ether oxygens (including phenoxy) is 6. The maximum Gasteiger partial charge on any atom is 0.408 e. The Kier molecular flexibility index (Phi) is 13.1. The van der Waals surface area contributed by atoms with Gasteiger partial charge in [-0.3, -0.25) is 0 Å². The minimum absolute atomic E-state index is 0.0807. The molecule has 0 spiro atoms. The van der Waals surface area contributed by atoms with E-state index in [4.69, 9.17) is 28.4 Å². The highest BCUT2D eigenvalue weighted by atomic mass is 16.6. The number of esters is 2. The third kappa shape index (κ3) is 13.0. The highest BCUT2D eigenvalue weighted by Gasteiger charge is 2.30. The molecule has 2 rings (SSSR count). The van der Waals surface area contributed by atoms with Crippen molar-refractivity contribution in [2.24, 2.45) is 0 Å². The molecule has 2 N–H and O–H groups in total. The Balaban J connectivity index is 2.53. The fraction of sp³-hybridized carbons (Fsp3) is 0.543. The number of hydrogen-bond acceptors (Lipinski definition) is 10. The maximum absolute atomic E-state index is 13.2. The van der Waals surface area contributed by atoms with E-state index in [2.05, 4.69) is 10.6 Å². The third-order valence-electron chi connectivity index (χ3n) is 6.26. The first-order valence-corrected chi connectivity index (χ1v) is 15.3. The molecule has 260 valence electrons. The van der Waals surface area contributed by atoms with Crippen molar-refractivity contribution in [3.05, 3.63) is 47.5 Å². The van der Waals surface area contributed by atoms with Crippen LogP contribution in [-0.2, 0) is 41.4 Å². The zero-order valence-corrected chi connectivity index (χ0v) is 29.6. The third-order valence-corrected chi connectivity index (χ3v) is 6.26. The molecular formula is C35H50N2O10. The van der Waals surface area contributed by atoms with Gasteiger partial charge in [0.1, 0.15) is 40.4 Å². The molecule has 0 aliphatic rings. The fourth-order valence-electron chi connectivity index (χ4n) is 4.46. The van der Waals surface area contributed by atoms with Crippen molar-refractivity contribution in [2.75, 3.05) is 21.3 Å². The van der Waals surface area contributed by atoms with E-state index in [9.17, 15) is 19.2 Å². The van der Waals surface area contributed by atoms with Gasteiger partial charge >= 0.3 is 24.1 Å². The number of nitrogens with one attached hydrogen (secondary N) is 2. The molecule has 2 aromatic rings. The van der Waals surface area contributed by atoms with Crippen LogP contribution in [0, 0.1) is 0 Å². The molecule has 2 amide bonds. The molecule has 0 unspecified atom stereocenters. The highest BCUT2D eigenvalue weighted by Crippen LogP contribution is 2.38. The molecule has 0 bridgehead atoms. The Morgan fingerprint density at radius 2 is 0.936 bits per heavy atom. The number of alkyl carbamates (subject to hydrolysis) is 2. The Morgan fingerprint density at radius 3 is 1.26 bits per heavy atom. The van der Waals surface area contributed by atoms with E-state index in [0.29, 0.717) is 33.8 Å². The molecule has 47 heavy (non-hydrogen) atoms. The summed E-state index contributed by atoms with van der Waals surface area (Å²) in [5, 5.41) is 5.24. The van der Waals surface area contributed by atoms with Gasteiger partial charge in [-0.1, -0.05) is 12.1 Å². The molecule has 0 aliphatic heterocycles. The van der Waals surface area contributed by atoms with Crippen LogP contribution in [0.25, 0.3) is 11.1 Å². The second kappa shape index (κ2) is 15.9. The lowest BCUT2D eigenvalue weighted by molar-refractivity contribution is -0.157. The van der Waals surface area contributed by atoms with Crippen molar-refractivity contribution in [1.29, 1.82) is 0 Å². The summed E-state index contributed by atoms with van der Waals surface area (Å²) in [6.07, 6.45) is -1.34. The van der Waals surface area contributed by atoms with Crippen LogP contribution in [0.3, 0.4) is 0 Å². The summed E-state index contributed by atoms with van der Waals surface area (Å²) in [4.78, 5) is 51.0. The molecule has 0 radical (unpaired) electrons. The average Bonchev–Trinajstić information content (AvgIpc) is 2.93. The lowest BCUT2D eigenvalue weighted by Gasteiger charge is -2.26. The van der Waals surface area contributed by atoms with E-state index in [1.807, 2.05) is 12.1 Å². The lowest BCUT2D eigenvalue weighted by atomic mass is 9.95. The molecule has 12 heteroatoms. The van der Waals surface area contributed by atoms with Crippen molar-refractivity contribution in [2.45, 2.75) is 104 Å². The van der Waals surface area contributed by atoms with Crippen molar-refractivity contribution in [3.63, 3.8) is 0 Å². The Morgan fingerprint density at radius 1 is 0.574 bits per heavy atom. The standard InChI is InChI=1S/C35H50N2O10/c1-33(2,3)45-30(39)26(37-32(41)47-35(7,8)9)20-22-14-16-28(43-11)24(18-22)23-17-21(13-15-27(23)42-10)19-25(29(38)44-12)36-31(40)46-34(4,5)6/h13-18,25-26H,19-20H2,1-12H3,(H,36,40)(H,37,41)/t25-,26-/m0/s1. The van der Waals surface area contributed by atoms with Gasteiger partial charge in [-0.2, -0.15) is 0 Å². The monoisotopic (exact) mass is 658 g/mol. The minimum atomic E-state index is -1.06. The average molecular weight is 659 g/mol. The van der Waals surface area contributed by atoms with Crippen LogP contribution in [0.1, 0.15) is 73.4 Å². The first-order chi connectivity index (χ1) is 21.6. The molecule has 0 fully saturated rings. The summed E-state index contributed by atoms with van der Waals surface area (Å²) in [5.74, 6) is -0.242. The van der Waals surface area contributed by atoms with Crippen LogP contribution >= 0.6 is 0 Å². The Hall–Kier alpha value is -4.48. The number of methoxy groups -OCH3 is 3. The van der Waals surface area contributed by atoms with Gasteiger partial charge in [0.05, 0.1) is 21.3 Å². The van der Waals surface area contributed by atoms with Crippen LogP contribution in [0.2, 0.25) is 0 Å². The van der Waals surface area contributed by atoms with Crippen molar-refractivity contribution < 1.29 is 47.6 Å². The number of carbonyl (C=O) groups excluding carboxylic acids is 4. The first-order valence-electron chi connectivity index (χ1n) is 15.3. The van der Waals surface area contributed by atoms with Crippen molar-refractivity contribution in [1.82, 2.24) is 10.6 Å². The van der Waals surface area contributed by atoms with E-state index < -0.39 is 53.0 Å². The molecular weight excluding hydrogens is 608 g/mol. The largest absolute Gasteiger partial charge is 0.496 e. The molecule has 0 aromatic heterocycles. The number of rotatable bonds is 11. The van der Waals surface area contributed by atoms with Gasteiger partial charge in [-0.05, 0) is 97.7 Å². The van der Waals surface area contributed by atoms with Gasteiger partial charge in [-0.15, -0.1) is 0 Å². The number of hydrogen-bond donors (Lipinski definition) is 2. The Bertz CT molecular complexity index is 1420. The van der Waals surface area contributed by atoms with Gasteiger partial charge in [0.2, 0.25) is 0 Å². The van der Waals surface area contributed by atoms with Crippen LogP contribution in [0.4, 0.5) is 9.59 Å². The molecule has 0 saturated carbocycles. The minimum Gasteiger partial charge on any atom is -0.496 e. The zero-order valence-electron chi connectivity index (χ0n) is 29.6. The van der Waals surface area contributed by atoms with Gasteiger partial charge in [-0.25, -0.2) is 19.2 Å². The zero-order chi connectivity index (χ0) is 35.7. The maximum atomic E-state index is 13.2. The van der Waals surface area contributed by atoms with E-state index in [-0.39, 0.29) is 12.8 Å². The van der Waals surface area contributed by atoms with Crippen LogP contribution in [0.5, 0.6) is 11.5 Å². The quantitative estimate of drug-likeness (QED) is 0.226. The van der Waals surface area contributed by atoms with Crippen LogP contribution in [0.15, 0.2) is 36.4 Å². The number of carbonyl (C=O) groups is 4. The summed E-state index contributed by atoms with van der Waals surface area (Å²) >= 11 is 0. The summed E-state index contributed by atoms with van der Waals surface area (Å²) in [7, 11) is 4.30. The van der Waals surface area contributed by atoms with E-state index in [1.54, 1.807) is 86.6 Å². The van der Waals surface area contributed by atoms with Crippen LogP contribution < -0.4 is 20.1 Å². The second-order valence-corrected chi connectivity index (χ2v) is 13.9. The summed E-state index contributed by atoms with van der Waals surface area (Å²) in [5.41, 5.74) is 0.288. The summed E-state index contributed by atoms with van der Waals surface area (Å²) < 4.78 is 32.6. The molecule has 2 atom stereocenters. The van der Waals surface area contributed by atoms with Crippen molar-refractivity contribution >= 4 is 24.1 Å². The topological polar surface area (TPSA) is 148 Å². The summed E-state index contributed by atoms with van der Waals surface area (Å²) in [6, 6.07) is 8.60. The molecule has 12 nitrogen and oxygen atoms in total. The van der Waals surface area contributed by atoms with Gasteiger partial charge in [0.25, 0.3) is 0 Å². The lowest BCUT2D eigenvalue weighted by Crippen LogP contribution is -2.47. The Labute approximate surface area is 277 Å². The van der Waals surface area contributed by atoms with Gasteiger partial charge < -0.3 is 39.1 Å². The second-order valence-electron chi connectivity index (χ2n) is 13.9. The number of amides is 2. The first kappa shape index (κ1) is 38.7. The normalized spacial score (nSPS) is 13.0.